The topological polar surface area (TPSA) is 39.1 Å². The standard InChI is InChI=1S/C12H14BrN3O/c1-16-6-5-14-12(16)8-15-10-7-9(13)3-4-11(10)17-2/h3-7,15H,8H2,1-2H3. The number of aryl methyl sites for hydroxylation is 1. The molecule has 0 saturated heterocycles. The van der Waals surface area contributed by atoms with Gasteiger partial charge >= 0.3 is 0 Å². The van der Waals surface area contributed by atoms with Crippen LogP contribution in [-0.2, 0) is 13.6 Å². The maximum atomic E-state index is 5.29. The number of benzene rings is 1. The van der Waals surface area contributed by atoms with Crippen LogP contribution in [0.2, 0.25) is 0 Å². The Morgan fingerprint density at radius 3 is 2.94 bits per heavy atom. The Kier molecular flexibility index (Phi) is 3.68. The second-order valence-corrected chi connectivity index (χ2v) is 4.57. The molecule has 1 aromatic heterocycles. The minimum absolute atomic E-state index is 0.663. The fraction of sp³-hybridized carbons (Fsp3) is 0.250. The molecule has 0 radical (unpaired) electrons. The Morgan fingerprint density at radius 2 is 2.29 bits per heavy atom. The van der Waals surface area contributed by atoms with Gasteiger partial charge < -0.3 is 14.6 Å². The van der Waals surface area contributed by atoms with E-state index in [1.807, 2.05) is 36.0 Å². The molecule has 0 aliphatic carbocycles. The normalized spacial score (nSPS) is 10.3. The highest BCUT2D eigenvalue weighted by Gasteiger charge is 2.04. The van der Waals surface area contributed by atoms with Gasteiger partial charge in [-0.2, -0.15) is 0 Å². The molecule has 0 spiro atoms. The van der Waals surface area contributed by atoms with Crippen LogP contribution in [0, 0.1) is 0 Å². The zero-order valence-electron chi connectivity index (χ0n) is 9.77. The monoisotopic (exact) mass is 295 g/mol. The van der Waals surface area contributed by atoms with Crippen molar-refractivity contribution in [2.45, 2.75) is 6.54 Å². The quantitative estimate of drug-likeness (QED) is 0.943. The van der Waals surface area contributed by atoms with Gasteiger partial charge in [0.2, 0.25) is 0 Å². The fourth-order valence-corrected chi connectivity index (χ4v) is 1.92. The van der Waals surface area contributed by atoms with Gasteiger partial charge in [0.05, 0.1) is 19.3 Å². The van der Waals surface area contributed by atoms with E-state index in [2.05, 4.69) is 26.2 Å². The van der Waals surface area contributed by atoms with Crippen molar-refractivity contribution < 1.29 is 4.74 Å². The average molecular weight is 296 g/mol. The summed E-state index contributed by atoms with van der Waals surface area (Å²) in [5, 5.41) is 3.31. The number of nitrogens with one attached hydrogen (secondary N) is 1. The predicted molar refractivity (Wildman–Crippen MR) is 71.2 cm³/mol. The van der Waals surface area contributed by atoms with Crippen molar-refractivity contribution in [2.24, 2.45) is 7.05 Å². The highest BCUT2D eigenvalue weighted by molar-refractivity contribution is 9.10. The fourth-order valence-electron chi connectivity index (χ4n) is 1.56. The van der Waals surface area contributed by atoms with E-state index in [1.165, 1.54) is 0 Å². The van der Waals surface area contributed by atoms with E-state index < -0.39 is 0 Å². The number of hydrogen-bond donors (Lipinski definition) is 1. The third kappa shape index (κ3) is 2.79. The second-order valence-electron chi connectivity index (χ2n) is 3.65. The molecule has 2 aromatic rings. The van der Waals surface area contributed by atoms with Crippen LogP contribution in [0.1, 0.15) is 5.82 Å². The lowest BCUT2D eigenvalue weighted by molar-refractivity contribution is 0.416. The molecule has 1 N–H and O–H groups in total. The summed E-state index contributed by atoms with van der Waals surface area (Å²) in [7, 11) is 3.64. The third-order valence-electron chi connectivity index (χ3n) is 2.52. The summed E-state index contributed by atoms with van der Waals surface area (Å²) < 4.78 is 8.29. The number of halogens is 1. The first kappa shape index (κ1) is 12.0. The molecule has 0 amide bonds. The average Bonchev–Trinajstić information content (AvgIpc) is 2.72. The molecule has 0 saturated carbocycles. The molecule has 0 aliphatic rings. The zero-order chi connectivity index (χ0) is 12.3. The Hall–Kier alpha value is -1.49. The molecule has 1 heterocycles. The van der Waals surface area contributed by atoms with Crippen LogP contribution in [0.15, 0.2) is 35.1 Å². The van der Waals surface area contributed by atoms with Crippen molar-refractivity contribution in [3.05, 3.63) is 40.9 Å². The van der Waals surface area contributed by atoms with Crippen molar-refractivity contribution in [3.63, 3.8) is 0 Å². The number of imidazole rings is 1. The molecule has 4 nitrogen and oxygen atoms in total. The minimum atomic E-state index is 0.663. The van der Waals surface area contributed by atoms with E-state index in [1.54, 1.807) is 13.3 Å². The summed E-state index contributed by atoms with van der Waals surface area (Å²) in [6, 6.07) is 5.86. The van der Waals surface area contributed by atoms with Crippen molar-refractivity contribution in [1.82, 2.24) is 9.55 Å². The molecule has 2 rings (SSSR count). The molecule has 17 heavy (non-hydrogen) atoms. The van der Waals surface area contributed by atoms with Crippen molar-refractivity contribution in [1.29, 1.82) is 0 Å². The van der Waals surface area contributed by atoms with Crippen LogP contribution in [-0.4, -0.2) is 16.7 Å². The van der Waals surface area contributed by atoms with Crippen LogP contribution in [0.3, 0.4) is 0 Å². The summed E-state index contributed by atoms with van der Waals surface area (Å²) in [4.78, 5) is 4.26. The molecule has 0 atom stereocenters. The third-order valence-corrected chi connectivity index (χ3v) is 3.01. The molecule has 0 fully saturated rings. The van der Waals surface area contributed by atoms with E-state index in [-0.39, 0.29) is 0 Å². The van der Waals surface area contributed by atoms with Gasteiger partial charge in [-0.15, -0.1) is 0 Å². The maximum Gasteiger partial charge on any atom is 0.142 e. The van der Waals surface area contributed by atoms with Crippen molar-refractivity contribution >= 4 is 21.6 Å². The molecule has 0 aliphatic heterocycles. The van der Waals surface area contributed by atoms with Gasteiger partial charge in [-0.05, 0) is 18.2 Å². The Morgan fingerprint density at radius 1 is 1.47 bits per heavy atom. The number of nitrogens with zero attached hydrogens (tertiary/aromatic N) is 2. The highest BCUT2D eigenvalue weighted by Crippen LogP contribution is 2.28. The lowest BCUT2D eigenvalue weighted by atomic mass is 10.3. The summed E-state index contributed by atoms with van der Waals surface area (Å²) in [5.74, 6) is 1.80. The molecule has 1 aromatic carbocycles. The number of ether oxygens (including phenoxy) is 1. The zero-order valence-corrected chi connectivity index (χ0v) is 11.4. The number of aromatic nitrogens is 2. The molecule has 0 bridgehead atoms. The SMILES string of the molecule is COc1ccc(Br)cc1NCc1nccn1C. The molecule has 90 valence electrons. The number of methoxy groups -OCH3 is 1. The first-order chi connectivity index (χ1) is 8.20. The second kappa shape index (κ2) is 5.23. The Bertz CT molecular complexity index is 510. The van der Waals surface area contributed by atoms with Gasteiger partial charge in [-0.3, -0.25) is 0 Å². The smallest absolute Gasteiger partial charge is 0.142 e. The van der Waals surface area contributed by atoms with Crippen LogP contribution in [0.5, 0.6) is 5.75 Å². The van der Waals surface area contributed by atoms with Crippen molar-refractivity contribution in [2.75, 3.05) is 12.4 Å². The highest BCUT2D eigenvalue weighted by atomic mass is 79.9. The van der Waals surface area contributed by atoms with E-state index in [0.29, 0.717) is 6.54 Å². The summed E-state index contributed by atoms with van der Waals surface area (Å²) >= 11 is 3.44. The van der Waals surface area contributed by atoms with Gasteiger partial charge in [0, 0.05) is 23.9 Å². The van der Waals surface area contributed by atoms with Gasteiger partial charge in [0.15, 0.2) is 0 Å². The van der Waals surface area contributed by atoms with Gasteiger partial charge in [-0.25, -0.2) is 4.98 Å². The predicted octanol–water partition coefficient (Wildman–Crippen LogP) is 2.80. The van der Waals surface area contributed by atoms with E-state index in [4.69, 9.17) is 4.74 Å². The summed E-state index contributed by atoms with van der Waals surface area (Å²) in [6.45, 7) is 0.663. The number of anilines is 1. The number of rotatable bonds is 4. The summed E-state index contributed by atoms with van der Waals surface area (Å²) in [5.41, 5.74) is 0.949. The summed E-state index contributed by atoms with van der Waals surface area (Å²) in [6.07, 6.45) is 3.71. The first-order valence-corrected chi connectivity index (χ1v) is 6.03. The molecular formula is C12H14BrN3O. The van der Waals surface area contributed by atoms with Crippen LogP contribution in [0.4, 0.5) is 5.69 Å². The van der Waals surface area contributed by atoms with E-state index in [0.717, 1.165) is 21.7 Å². The van der Waals surface area contributed by atoms with Crippen LogP contribution >= 0.6 is 15.9 Å². The Balaban J connectivity index is 2.13. The largest absolute Gasteiger partial charge is 0.495 e. The van der Waals surface area contributed by atoms with E-state index in [9.17, 15) is 0 Å². The van der Waals surface area contributed by atoms with Crippen molar-refractivity contribution in [3.8, 4) is 5.75 Å². The molecule has 0 unspecified atom stereocenters. The van der Waals surface area contributed by atoms with Crippen LogP contribution in [0.25, 0.3) is 0 Å². The molecular weight excluding hydrogens is 282 g/mol. The van der Waals surface area contributed by atoms with Gasteiger partial charge in [0.1, 0.15) is 11.6 Å². The van der Waals surface area contributed by atoms with E-state index >= 15 is 0 Å². The minimum Gasteiger partial charge on any atom is -0.495 e. The van der Waals surface area contributed by atoms with Crippen LogP contribution < -0.4 is 10.1 Å². The van der Waals surface area contributed by atoms with Gasteiger partial charge in [0.25, 0.3) is 0 Å². The first-order valence-electron chi connectivity index (χ1n) is 5.24. The lowest BCUT2D eigenvalue weighted by Gasteiger charge is -2.11. The van der Waals surface area contributed by atoms with Gasteiger partial charge in [-0.1, -0.05) is 15.9 Å². The molecule has 5 heteroatoms. The Labute approximate surface area is 109 Å². The number of hydrogen-bond acceptors (Lipinski definition) is 3. The lowest BCUT2D eigenvalue weighted by Crippen LogP contribution is -2.06. The maximum absolute atomic E-state index is 5.29.